The maximum atomic E-state index is 12.3. The number of likely N-dealkylation sites (N-methyl/N-ethyl adjacent to an activating group) is 1. The molecule has 2 aromatic rings. The van der Waals surface area contributed by atoms with Crippen molar-refractivity contribution in [1.82, 2.24) is 4.90 Å². The molecule has 25 heavy (non-hydrogen) atoms. The largest absolute Gasteiger partial charge is 0.497 e. The number of anilines is 1. The van der Waals surface area contributed by atoms with Gasteiger partial charge in [-0.05, 0) is 23.6 Å². The zero-order valence-electron chi connectivity index (χ0n) is 14.9. The van der Waals surface area contributed by atoms with E-state index in [-0.39, 0.29) is 24.3 Å². The smallest absolute Gasteiger partial charge is 0.243 e. The molecule has 0 saturated heterocycles. The summed E-state index contributed by atoms with van der Waals surface area (Å²) in [6.45, 7) is 2.02. The summed E-state index contributed by atoms with van der Waals surface area (Å²) in [4.78, 5) is 25.9. The Morgan fingerprint density at radius 2 is 1.84 bits per heavy atom. The number of hydrogen-bond acceptors (Lipinski definition) is 3. The van der Waals surface area contributed by atoms with Gasteiger partial charge in [0, 0.05) is 25.2 Å². The number of nitrogens with zero attached hydrogens (tertiary/aromatic N) is 1. The Morgan fingerprint density at radius 3 is 2.52 bits per heavy atom. The minimum Gasteiger partial charge on any atom is -0.497 e. The summed E-state index contributed by atoms with van der Waals surface area (Å²) in [6, 6.07) is 17.0. The average molecular weight is 340 g/mol. The zero-order chi connectivity index (χ0) is 18.2. The molecular weight excluding hydrogens is 316 g/mol. The monoisotopic (exact) mass is 340 g/mol. The summed E-state index contributed by atoms with van der Waals surface area (Å²) in [5, 5.41) is 2.77. The molecule has 0 spiro atoms. The first kappa shape index (κ1) is 18.5. The van der Waals surface area contributed by atoms with Gasteiger partial charge in [-0.2, -0.15) is 0 Å². The van der Waals surface area contributed by atoms with Gasteiger partial charge in [-0.3, -0.25) is 9.59 Å². The number of hydrogen-bond donors (Lipinski definition) is 1. The van der Waals surface area contributed by atoms with E-state index in [4.69, 9.17) is 4.74 Å². The van der Waals surface area contributed by atoms with Gasteiger partial charge in [-0.1, -0.05) is 43.3 Å². The summed E-state index contributed by atoms with van der Waals surface area (Å²) in [7, 11) is 3.21. The predicted molar refractivity (Wildman–Crippen MR) is 98.7 cm³/mol. The maximum Gasteiger partial charge on any atom is 0.243 e. The number of benzene rings is 2. The van der Waals surface area contributed by atoms with Crippen molar-refractivity contribution in [3.63, 3.8) is 0 Å². The van der Waals surface area contributed by atoms with Gasteiger partial charge in [-0.25, -0.2) is 0 Å². The van der Waals surface area contributed by atoms with Crippen LogP contribution in [0.3, 0.4) is 0 Å². The lowest BCUT2D eigenvalue weighted by molar-refractivity contribution is -0.133. The Hall–Kier alpha value is -2.82. The molecule has 0 radical (unpaired) electrons. The molecule has 0 aliphatic carbocycles. The molecule has 1 N–H and O–H groups in total. The first-order valence-corrected chi connectivity index (χ1v) is 8.22. The fourth-order valence-corrected chi connectivity index (χ4v) is 2.52. The number of amides is 2. The second kappa shape index (κ2) is 8.87. The van der Waals surface area contributed by atoms with Gasteiger partial charge in [0.2, 0.25) is 11.8 Å². The Labute approximate surface area is 148 Å². The Morgan fingerprint density at radius 1 is 1.12 bits per heavy atom. The van der Waals surface area contributed by atoms with Crippen molar-refractivity contribution in [3.8, 4) is 5.75 Å². The van der Waals surface area contributed by atoms with Gasteiger partial charge in [0.25, 0.3) is 0 Å². The van der Waals surface area contributed by atoms with E-state index in [1.165, 1.54) is 4.90 Å². The SMILES string of the molecule is COc1cccc(NC(=O)CN(C)C(=O)C[C@@H](C)c2ccccc2)c1. The summed E-state index contributed by atoms with van der Waals surface area (Å²) in [5.41, 5.74) is 1.76. The van der Waals surface area contributed by atoms with Gasteiger partial charge in [0.1, 0.15) is 5.75 Å². The van der Waals surface area contributed by atoms with Crippen LogP contribution in [0.1, 0.15) is 24.8 Å². The van der Waals surface area contributed by atoms with Crippen LogP contribution in [0, 0.1) is 0 Å². The van der Waals surface area contributed by atoms with Gasteiger partial charge >= 0.3 is 0 Å². The highest BCUT2D eigenvalue weighted by molar-refractivity contribution is 5.94. The van der Waals surface area contributed by atoms with Gasteiger partial charge in [0.15, 0.2) is 0 Å². The fraction of sp³-hybridized carbons (Fsp3) is 0.300. The van der Waals surface area contributed by atoms with Crippen LogP contribution in [0.2, 0.25) is 0 Å². The Balaban J connectivity index is 1.86. The number of carbonyl (C=O) groups excluding carboxylic acids is 2. The predicted octanol–water partition coefficient (Wildman–Crippen LogP) is 3.29. The highest BCUT2D eigenvalue weighted by atomic mass is 16.5. The number of methoxy groups -OCH3 is 1. The lowest BCUT2D eigenvalue weighted by Gasteiger charge is -2.19. The molecule has 0 heterocycles. The second-order valence-electron chi connectivity index (χ2n) is 6.05. The maximum absolute atomic E-state index is 12.3. The first-order chi connectivity index (χ1) is 12.0. The Bertz CT molecular complexity index is 716. The fourth-order valence-electron chi connectivity index (χ4n) is 2.52. The molecule has 0 bridgehead atoms. The van der Waals surface area contributed by atoms with E-state index >= 15 is 0 Å². The quantitative estimate of drug-likeness (QED) is 0.841. The second-order valence-corrected chi connectivity index (χ2v) is 6.05. The van der Waals surface area contributed by atoms with Gasteiger partial charge in [-0.15, -0.1) is 0 Å². The van der Waals surface area contributed by atoms with E-state index in [0.717, 1.165) is 5.56 Å². The van der Waals surface area contributed by atoms with E-state index in [1.54, 1.807) is 38.4 Å². The number of carbonyl (C=O) groups is 2. The highest BCUT2D eigenvalue weighted by Crippen LogP contribution is 2.19. The van der Waals surface area contributed by atoms with Crippen molar-refractivity contribution in [2.75, 3.05) is 26.0 Å². The minimum absolute atomic E-state index is 0.0115. The van der Waals surface area contributed by atoms with E-state index in [1.807, 2.05) is 37.3 Å². The topological polar surface area (TPSA) is 58.6 Å². The number of nitrogens with one attached hydrogen (secondary N) is 1. The third-order valence-electron chi connectivity index (χ3n) is 4.01. The third-order valence-corrected chi connectivity index (χ3v) is 4.01. The van der Waals surface area contributed by atoms with Crippen LogP contribution in [0.4, 0.5) is 5.69 Å². The Kier molecular flexibility index (Phi) is 6.57. The number of rotatable bonds is 7. The molecule has 0 aliphatic heterocycles. The van der Waals surface area contributed by atoms with Crippen molar-refractivity contribution < 1.29 is 14.3 Å². The number of ether oxygens (including phenoxy) is 1. The van der Waals surface area contributed by atoms with Crippen molar-refractivity contribution in [2.45, 2.75) is 19.3 Å². The zero-order valence-corrected chi connectivity index (χ0v) is 14.9. The lowest BCUT2D eigenvalue weighted by atomic mass is 9.97. The molecule has 0 fully saturated rings. The molecular formula is C20H24N2O3. The first-order valence-electron chi connectivity index (χ1n) is 8.22. The van der Waals surface area contributed by atoms with E-state index in [0.29, 0.717) is 17.9 Å². The molecule has 0 aromatic heterocycles. The average Bonchev–Trinajstić information content (AvgIpc) is 2.62. The highest BCUT2D eigenvalue weighted by Gasteiger charge is 2.17. The van der Waals surface area contributed by atoms with E-state index in [9.17, 15) is 9.59 Å². The lowest BCUT2D eigenvalue weighted by Crippen LogP contribution is -2.35. The molecule has 132 valence electrons. The van der Waals surface area contributed by atoms with Crippen molar-refractivity contribution in [3.05, 3.63) is 60.2 Å². The standard InChI is InChI=1S/C20H24N2O3/c1-15(16-8-5-4-6-9-16)12-20(24)22(2)14-19(23)21-17-10-7-11-18(13-17)25-3/h4-11,13,15H,12,14H2,1-3H3,(H,21,23)/t15-/m1/s1. The summed E-state index contributed by atoms with van der Waals surface area (Å²) >= 11 is 0. The van der Waals surface area contributed by atoms with E-state index < -0.39 is 0 Å². The van der Waals surface area contributed by atoms with Crippen LogP contribution in [0.5, 0.6) is 5.75 Å². The van der Waals surface area contributed by atoms with Crippen molar-refractivity contribution >= 4 is 17.5 Å². The molecule has 0 saturated carbocycles. The summed E-state index contributed by atoms with van der Waals surface area (Å²) in [5.74, 6) is 0.477. The molecule has 0 unspecified atom stereocenters. The molecule has 2 rings (SSSR count). The van der Waals surface area contributed by atoms with Crippen LogP contribution in [0.15, 0.2) is 54.6 Å². The third kappa shape index (κ3) is 5.64. The van der Waals surface area contributed by atoms with Gasteiger partial charge in [0.05, 0.1) is 13.7 Å². The van der Waals surface area contributed by atoms with E-state index in [2.05, 4.69) is 5.32 Å². The molecule has 5 heteroatoms. The molecule has 5 nitrogen and oxygen atoms in total. The van der Waals surface area contributed by atoms with Crippen LogP contribution in [-0.2, 0) is 9.59 Å². The summed E-state index contributed by atoms with van der Waals surface area (Å²) in [6.07, 6.45) is 0.368. The van der Waals surface area contributed by atoms with Crippen LogP contribution < -0.4 is 10.1 Å². The van der Waals surface area contributed by atoms with Crippen molar-refractivity contribution in [2.24, 2.45) is 0 Å². The van der Waals surface area contributed by atoms with Crippen LogP contribution in [-0.4, -0.2) is 37.4 Å². The molecule has 2 aromatic carbocycles. The van der Waals surface area contributed by atoms with Crippen molar-refractivity contribution in [1.29, 1.82) is 0 Å². The van der Waals surface area contributed by atoms with Crippen LogP contribution in [0.25, 0.3) is 0 Å². The van der Waals surface area contributed by atoms with Gasteiger partial charge < -0.3 is 15.0 Å². The summed E-state index contributed by atoms with van der Waals surface area (Å²) < 4.78 is 5.13. The molecule has 0 aliphatic rings. The normalized spacial score (nSPS) is 11.5. The molecule has 1 atom stereocenters. The van der Waals surface area contributed by atoms with Crippen LogP contribution >= 0.6 is 0 Å². The molecule has 2 amide bonds. The minimum atomic E-state index is -0.239.